The quantitative estimate of drug-likeness (QED) is 0.835. The Kier molecular flexibility index (Phi) is 6.46. The lowest BCUT2D eigenvalue weighted by molar-refractivity contribution is -0.140. The van der Waals surface area contributed by atoms with Gasteiger partial charge in [0.1, 0.15) is 5.75 Å². The second kappa shape index (κ2) is 8.34. The van der Waals surface area contributed by atoms with Gasteiger partial charge in [0.25, 0.3) is 0 Å². The molecule has 3 atom stereocenters. The molecule has 128 valence electrons. The average molecular weight is 320 g/mol. The number of ether oxygens (including phenoxy) is 2. The van der Waals surface area contributed by atoms with E-state index in [4.69, 9.17) is 14.6 Å². The topological polar surface area (TPSA) is 59.1 Å². The van der Waals surface area contributed by atoms with Gasteiger partial charge in [-0.15, -0.1) is 0 Å². The molecule has 1 aliphatic heterocycles. The van der Waals surface area contributed by atoms with E-state index in [9.17, 15) is 4.79 Å². The highest BCUT2D eigenvalue weighted by Gasteiger charge is 2.43. The minimum atomic E-state index is -0.741. The van der Waals surface area contributed by atoms with Crippen molar-refractivity contribution < 1.29 is 19.4 Å². The van der Waals surface area contributed by atoms with E-state index in [1.54, 1.807) is 13.8 Å². The fourth-order valence-corrected chi connectivity index (χ4v) is 2.67. The maximum absolute atomic E-state index is 9.70. The van der Waals surface area contributed by atoms with Gasteiger partial charge in [0.05, 0.1) is 24.7 Å². The molecule has 1 aromatic carbocycles. The number of fused-ring (bicyclic) bond motifs is 1. The Balaban J connectivity index is 0.000000277. The summed E-state index contributed by atoms with van der Waals surface area (Å²) in [5.41, 5.74) is 1.37. The largest absolute Gasteiger partial charge is 0.493 e. The van der Waals surface area contributed by atoms with Gasteiger partial charge in [-0.2, -0.15) is 0 Å². The third-order valence-corrected chi connectivity index (χ3v) is 4.42. The zero-order chi connectivity index (χ0) is 16.8. The summed E-state index contributed by atoms with van der Waals surface area (Å²) in [6.45, 7) is 6.30. The van der Waals surface area contributed by atoms with Gasteiger partial charge in [-0.1, -0.05) is 32.9 Å². The molecule has 3 unspecified atom stereocenters. The van der Waals surface area contributed by atoms with Crippen LogP contribution >= 0.6 is 0 Å². The van der Waals surface area contributed by atoms with Crippen LogP contribution in [0.1, 0.15) is 45.6 Å². The first-order chi connectivity index (χ1) is 11.0. The molecule has 1 saturated heterocycles. The Hall–Kier alpha value is -1.55. The van der Waals surface area contributed by atoms with Crippen LogP contribution < -0.4 is 4.74 Å². The lowest BCUT2D eigenvalue weighted by Gasteiger charge is -2.19. The van der Waals surface area contributed by atoms with Gasteiger partial charge in [-0.25, -0.2) is 0 Å². The normalized spacial score (nSPS) is 25.1. The molecule has 2 fully saturated rings. The molecule has 1 saturated carbocycles. The van der Waals surface area contributed by atoms with Crippen molar-refractivity contribution in [3.63, 3.8) is 0 Å². The summed E-state index contributed by atoms with van der Waals surface area (Å²) in [6, 6.07) is 8.46. The number of benzene rings is 1. The van der Waals surface area contributed by atoms with Crippen LogP contribution in [0.25, 0.3) is 0 Å². The number of hydrogen-bond acceptors (Lipinski definition) is 3. The highest BCUT2D eigenvalue weighted by Crippen LogP contribution is 2.39. The molecule has 4 heteroatoms. The molecular weight excluding hydrogens is 292 g/mol. The van der Waals surface area contributed by atoms with Gasteiger partial charge in [0.15, 0.2) is 0 Å². The van der Waals surface area contributed by atoms with E-state index in [1.165, 1.54) is 24.8 Å². The first kappa shape index (κ1) is 17.8. The van der Waals surface area contributed by atoms with Crippen molar-refractivity contribution in [3.05, 3.63) is 29.8 Å². The van der Waals surface area contributed by atoms with Crippen LogP contribution in [0.15, 0.2) is 24.3 Å². The molecular formula is C19H28O4. The number of carbonyl (C=O) groups is 1. The zero-order valence-corrected chi connectivity index (χ0v) is 14.3. The zero-order valence-electron chi connectivity index (χ0n) is 14.3. The fourth-order valence-electron chi connectivity index (χ4n) is 2.67. The van der Waals surface area contributed by atoms with Crippen LogP contribution in [0.3, 0.4) is 0 Å². The molecule has 1 aromatic rings. The highest BCUT2D eigenvalue weighted by atomic mass is 16.6. The average Bonchev–Trinajstić information content (AvgIpc) is 3.32. The third kappa shape index (κ3) is 5.87. The third-order valence-electron chi connectivity index (χ3n) is 4.42. The summed E-state index contributed by atoms with van der Waals surface area (Å²) in [7, 11) is 0. The first-order valence-electron chi connectivity index (χ1n) is 8.59. The summed E-state index contributed by atoms with van der Waals surface area (Å²) in [5.74, 6) is 0.714. The minimum Gasteiger partial charge on any atom is -0.493 e. The van der Waals surface area contributed by atoms with Crippen LogP contribution in [0.2, 0.25) is 0 Å². The number of epoxide rings is 1. The second-order valence-corrected chi connectivity index (χ2v) is 6.69. The number of carboxylic acids is 1. The number of rotatable bonds is 5. The summed E-state index contributed by atoms with van der Waals surface area (Å²) in [5, 5.41) is 7.99. The van der Waals surface area contributed by atoms with Gasteiger partial charge in [0.2, 0.25) is 0 Å². The standard InChI is InChI=1S/C15H20O2.C4H8O2/c1-2-11-3-6-13(7-4-11)16-10-12-5-8-14-15(9-12)17-14;1-3(2)4(5)6/h3-4,6-7,12,14-15H,2,5,8-10H2,1H3;3H,1-2H3,(H,5,6). The van der Waals surface area contributed by atoms with E-state index >= 15 is 0 Å². The van der Waals surface area contributed by atoms with Crippen molar-refractivity contribution in [1.82, 2.24) is 0 Å². The van der Waals surface area contributed by atoms with Gasteiger partial charge in [-0.3, -0.25) is 4.79 Å². The molecule has 0 spiro atoms. The Labute approximate surface area is 138 Å². The van der Waals surface area contributed by atoms with E-state index in [1.807, 2.05) is 0 Å². The van der Waals surface area contributed by atoms with Gasteiger partial charge < -0.3 is 14.6 Å². The molecule has 1 heterocycles. The van der Waals surface area contributed by atoms with Crippen molar-refractivity contribution in [2.75, 3.05) is 6.61 Å². The van der Waals surface area contributed by atoms with E-state index in [0.717, 1.165) is 18.8 Å². The highest BCUT2D eigenvalue weighted by molar-refractivity contribution is 5.68. The molecule has 2 aliphatic rings. The first-order valence-corrected chi connectivity index (χ1v) is 8.59. The lowest BCUT2D eigenvalue weighted by Crippen LogP contribution is -2.19. The van der Waals surface area contributed by atoms with E-state index in [2.05, 4.69) is 31.2 Å². The van der Waals surface area contributed by atoms with Crippen LogP contribution in [-0.4, -0.2) is 29.9 Å². The van der Waals surface area contributed by atoms with Gasteiger partial charge in [-0.05, 0) is 49.3 Å². The summed E-state index contributed by atoms with van der Waals surface area (Å²) in [6.07, 6.45) is 5.91. The second-order valence-electron chi connectivity index (χ2n) is 6.69. The van der Waals surface area contributed by atoms with Crippen molar-refractivity contribution in [2.24, 2.45) is 11.8 Å². The molecule has 3 rings (SSSR count). The SMILES string of the molecule is CC(C)C(=O)O.CCc1ccc(OCC2CCC3OC3C2)cc1. The fraction of sp³-hybridized carbons (Fsp3) is 0.632. The van der Waals surface area contributed by atoms with E-state index < -0.39 is 5.97 Å². The van der Waals surface area contributed by atoms with Crippen LogP contribution in [0.4, 0.5) is 0 Å². The molecule has 4 nitrogen and oxygen atoms in total. The Morgan fingerprint density at radius 1 is 1.26 bits per heavy atom. The molecule has 0 aromatic heterocycles. The maximum atomic E-state index is 9.70. The Morgan fingerprint density at radius 3 is 2.43 bits per heavy atom. The number of carboxylic acid groups (broad SMARTS) is 1. The maximum Gasteiger partial charge on any atom is 0.305 e. The molecule has 1 N–H and O–H groups in total. The summed E-state index contributed by atoms with van der Waals surface area (Å²) >= 11 is 0. The predicted molar refractivity (Wildman–Crippen MR) is 89.8 cm³/mol. The van der Waals surface area contributed by atoms with Gasteiger partial charge >= 0.3 is 5.97 Å². The summed E-state index contributed by atoms with van der Waals surface area (Å²) in [4.78, 5) is 9.70. The number of aliphatic carboxylic acids is 1. The van der Waals surface area contributed by atoms with E-state index in [-0.39, 0.29) is 5.92 Å². The van der Waals surface area contributed by atoms with E-state index in [0.29, 0.717) is 18.1 Å². The Morgan fingerprint density at radius 2 is 1.91 bits per heavy atom. The predicted octanol–water partition coefficient (Wildman–Crippen LogP) is 3.92. The lowest BCUT2D eigenvalue weighted by atomic mass is 9.90. The molecule has 1 aliphatic carbocycles. The van der Waals surface area contributed by atoms with Crippen LogP contribution in [-0.2, 0) is 16.0 Å². The molecule has 0 radical (unpaired) electrons. The van der Waals surface area contributed by atoms with Crippen molar-refractivity contribution in [1.29, 1.82) is 0 Å². The Bertz CT molecular complexity index is 495. The van der Waals surface area contributed by atoms with Crippen LogP contribution in [0.5, 0.6) is 5.75 Å². The van der Waals surface area contributed by atoms with Crippen LogP contribution in [0, 0.1) is 11.8 Å². The molecule has 0 bridgehead atoms. The van der Waals surface area contributed by atoms with Crippen molar-refractivity contribution >= 4 is 5.97 Å². The molecule has 0 amide bonds. The summed E-state index contributed by atoms with van der Waals surface area (Å²) < 4.78 is 11.4. The monoisotopic (exact) mass is 320 g/mol. The molecule has 23 heavy (non-hydrogen) atoms. The van der Waals surface area contributed by atoms with Crippen molar-refractivity contribution in [2.45, 2.75) is 58.7 Å². The van der Waals surface area contributed by atoms with Crippen molar-refractivity contribution in [3.8, 4) is 5.75 Å². The number of aryl methyl sites for hydroxylation is 1. The number of hydrogen-bond donors (Lipinski definition) is 1. The smallest absolute Gasteiger partial charge is 0.305 e. The van der Waals surface area contributed by atoms with Gasteiger partial charge in [0, 0.05) is 0 Å². The minimum absolute atomic E-state index is 0.231.